The van der Waals surface area contributed by atoms with Crippen LogP contribution in [0.4, 0.5) is 0 Å². The zero-order valence-electron chi connectivity index (χ0n) is 31.5. The lowest BCUT2D eigenvalue weighted by Gasteiger charge is -2.07. The molecule has 2 heterocycles. The topological polar surface area (TPSA) is 137 Å². The first-order chi connectivity index (χ1) is 24.3. The van der Waals surface area contributed by atoms with E-state index < -0.39 is 0 Å². The largest absolute Gasteiger partial charge is 0.421 e. The Morgan fingerprint density at radius 3 is 0.940 bits per heavy atom. The predicted octanol–water partition coefficient (Wildman–Crippen LogP) is 11.1. The monoisotopic (exact) mass is 702 g/mol. The number of H-pyrrole nitrogens is 2. The molecule has 10 heteroatoms. The number of aromatic nitrogens is 2. The van der Waals surface area contributed by atoms with Crippen molar-refractivity contribution >= 4 is 23.9 Å². The third-order valence-corrected chi connectivity index (χ3v) is 8.16. The van der Waals surface area contributed by atoms with Gasteiger partial charge in [0.2, 0.25) is 11.8 Å². The van der Waals surface area contributed by atoms with Crippen molar-refractivity contribution in [3.05, 3.63) is 24.5 Å². The first kappa shape index (κ1) is 44.5. The van der Waals surface area contributed by atoms with Crippen LogP contribution in [0.15, 0.2) is 24.5 Å². The van der Waals surface area contributed by atoms with E-state index in [1.807, 2.05) is 0 Å². The molecule has 0 radical (unpaired) electrons. The van der Waals surface area contributed by atoms with Crippen LogP contribution in [0.25, 0.3) is 0 Å². The second kappa shape index (κ2) is 30.3. The molecule has 0 spiro atoms. The zero-order chi connectivity index (χ0) is 36.7. The molecule has 0 aliphatic carbocycles. The van der Waals surface area contributed by atoms with E-state index >= 15 is 0 Å². The molecule has 2 N–H and O–H groups in total. The van der Waals surface area contributed by atoms with Crippen molar-refractivity contribution in [1.82, 2.24) is 9.97 Å². The maximum atomic E-state index is 11.9. The molecular formula is C40H66N2O8. The van der Waals surface area contributed by atoms with Crippen LogP contribution < -0.4 is 18.9 Å². The average molecular weight is 703 g/mol. The van der Waals surface area contributed by atoms with E-state index in [0.29, 0.717) is 25.7 Å². The molecule has 0 fully saturated rings. The Labute approximate surface area is 301 Å². The second-order valence-corrected chi connectivity index (χ2v) is 12.9. The summed E-state index contributed by atoms with van der Waals surface area (Å²) in [5.41, 5.74) is 0. The van der Waals surface area contributed by atoms with Gasteiger partial charge in [-0.1, -0.05) is 130 Å². The summed E-state index contributed by atoms with van der Waals surface area (Å²) < 4.78 is 21.2. The Morgan fingerprint density at radius 2 is 0.660 bits per heavy atom. The Kier molecular flexibility index (Phi) is 26.9. The highest BCUT2D eigenvalue weighted by atomic mass is 16.6. The minimum atomic E-state index is -0.296. The summed E-state index contributed by atoms with van der Waals surface area (Å²) >= 11 is 0. The van der Waals surface area contributed by atoms with Gasteiger partial charge in [-0.25, -0.2) is 0 Å². The van der Waals surface area contributed by atoms with E-state index in [9.17, 15) is 19.2 Å². The first-order valence-electron chi connectivity index (χ1n) is 19.5. The molecule has 0 atom stereocenters. The molecule has 2 aromatic heterocycles. The van der Waals surface area contributed by atoms with Crippen LogP contribution in [-0.2, 0) is 19.2 Å². The molecule has 284 valence electrons. The average Bonchev–Trinajstić information content (AvgIpc) is 3.72. The fraction of sp³-hybridized carbons (Fsp3) is 0.700. The molecule has 2 rings (SSSR count). The van der Waals surface area contributed by atoms with Crippen LogP contribution in [0.3, 0.4) is 0 Å². The van der Waals surface area contributed by atoms with Crippen molar-refractivity contribution < 1.29 is 38.1 Å². The van der Waals surface area contributed by atoms with E-state index in [0.717, 1.165) is 77.0 Å². The molecule has 50 heavy (non-hydrogen) atoms. The number of rotatable bonds is 28. The highest BCUT2D eigenvalue weighted by molar-refractivity contribution is 5.76. The molecule has 0 amide bonds. The fourth-order valence-electron chi connectivity index (χ4n) is 5.17. The van der Waals surface area contributed by atoms with Crippen LogP contribution in [0, 0.1) is 0 Å². The van der Waals surface area contributed by atoms with Crippen molar-refractivity contribution in [1.29, 1.82) is 0 Å². The molecule has 0 aliphatic heterocycles. The number of unbranched alkanes of at least 4 members (excludes halogenated alkanes) is 16. The van der Waals surface area contributed by atoms with Crippen LogP contribution in [0.1, 0.15) is 182 Å². The van der Waals surface area contributed by atoms with Gasteiger partial charge < -0.3 is 28.9 Å². The number of carbonyl (C=O) groups excluding carboxylic acids is 4. The normalized spacial score (nSPS) is 10.6. The summed E-state index contributed by atoms with van der Waals surface area (Å²) in [6.45, 7) is 8.64. The van der Waals surface area contributed by atoms with E-state index in [1.54, 1.807) is 24.5 Å². The second-order valence-electron chi connectivity index (χ2n) is 12.9. The van der Waals surface area contributed by atoms with Crippen LogP contribution in [-0.4, -0.2) is 33.8 Å². The van der Waals surface area contributed by atoms with Gasteiger partial charge in [-0.2, -0.15) is 0 Å². The fourth-order valence-corrected chi connectivity index (χ4v) is 5.17. The Hall–Kier alpha value is -3.56. The van der Waals surface area contributed by atoms with Crippen molar-refractivity contribution in [3.63, 3.8) is 0 Å². The van der Waals surface area contributed by atoms with Crippen LogP contribution >= 0.6 is 0 Å². The zero-order valence-corrected chi connectivity index (χ0v) is 31.5. The van der Waals surface area contributed by atoms with Crippen LogP contribution in [0.2, 0.25) is 0 Å². The summed E-state index contributed by atoms with van der Waals surface area (Å²) in [7, 11) is 0. The van der Waals surface area contributed by atoms with Crippen LogP contribution in [0.5, 0.6) is 23.3 Å². The number of esters is 4. The minimum Gasteiger partial charge on any atom is -0.421 e. The lowest BCUT2D eigenvalue weighted by atomic mass is 10.1. The molecule has 0 bridgehead atoms. The number of carbonyl (C=O) groups is 4. The van der Waals surface area contributed by atoms with Crippen molar-refractivity contribution in [3.8, 4) is 23.3 Å². The van der Waals surface area contributed by atoms with Gasteiger partial charge in [0.05, 0.1) is 0 Å². The number of nitrogens with one attached hydrogen (secondary N) is 2. The van der Waals surface area contributed by atoms with Gasteiger partial charge in [-0.3, -0.25) is 19.2 Å². The number of hydrogen-bond donors (Lipinski definition) is 2. The third kappa shape index (κ3) is 23.0. The maximum Gasteiger partial charge on any atom is 0.312 e. The molecular weight excluding hydrogens is 636 g/mol. The Bertz CT molecular complexity index is 997. The third-order valence-electron chi connectivity index (χ3n) is 8.16. The summed E-state index contributed by atoms with van der Waals surface area (Å²) in [6, 6.07) is 3.22. The van der Waals surface area contributed by atoms with E-state index in [1.165, 1.54) is 51.4 Å². The van der Waals surface area contributed by atoms with Gasteiger partial charge in [-0.05, 0) is 25.7 Å². The SMILES string of the molecule is CCCCCCCC(=O)Oc1cc[nH]c1OC(=O)CCCCCCC.CCCCCCCC(=O)Oc1cc[nH]c1OC(=O)CCCCCCC. The van der Waals surface area contributed by atoms with Crippen molar-refractivity contribution in [2.45, 2.75) is 182 Å². The molecule has 0 aliphatic rings. The van der Waals surface area contributed by atoms with Crippen molar-refractivity contribution in [2.24, 2.45) is 0 Å². The molecule has 10 nitrogen and oxygen atoms in total. The number of hydrogen-bond acceptors (Lipinski definition) is 8. The summed E-state index contributed by atoms with van der Waals surface area (Å²) in [5.74, 6) is -0.140. The summed E-state index contributed by atoms with van der Waals surface area (Å²) in [4.78, 5) is 53.1. The quantitative estimate of drug-likeness (QED) is 0.0660. The summed E-state index contributed by atoms with van der Waals surface area (Å²) in [6.07, 6.45) is 26.3. The maximum absolute atomic E-state index is 11.9. The number of aromatic amines is 2. The van der Waals surface area contributed by atoms with Gasteiger partial charge in [0.1, 0.15) is 0 Å². The first-order valence-corrected chi connectivity index (χ1v) is 19.5. The smallest absolute Gasteiger partial charge is 0.312 e. The summed E-state index contributed by atoms with van der Waals surface area (Å²) in [5, 5.41) is 0. The van der Waals surface area contributed by atoms with Crippen molar-refractivity contribution in [2.75, 3.05) is 0 Å². The number of ether oxygens (including phenoxy) is 4. The molecule has 0 saturated carbocycles. The van der Waals surface area contributed by atoms with E-state index in [2.05, 4.69) is 37.7 Å². The van der Waals surface area contributed by atoms with Gasteiger partial charge in [-0.15, -0.1) is 0 Å². The van der Waals surface area contributed by atoms with Gasteiger partial charge in [0.15, 0.2) is 11.5 Å². The standard InChI is InChI=1S/2C20H33NO4/c2*1-3-5-7-9-11-13-18(22)24-17-15-16-21-20(17)25-19(23)14-12-10-8-6-4-2/h2*15-16,21H,3-14H2,1-2H3. The Balaban J connectivity index is 0.000000500. The molecule has 2 aromatic rings. The molecule has 0 aromatic carbocycles. The minimum absolute atomic E-state index is 0.220. The van der Waals surface area contributed by atoms with E-state index in [-0.39, 0.29) is 47.1 Å². The lowest BCUT2D eigenvalue weighted by Crippen LogP contribution is -2.11. The highest BCUT2D eigenvalue weighted by Crippen LogP contribution is 2.27. The van der Waals surface area contributed by atoms with Gasteiger partial charge in [0, 0.05) is 50.2 Å². The predicted molar refractivity (Wildman–Crippen MR) is 198 cm³/mol. The highest BCUT2D eigenvalue weighted by Gasteiger charge is 2.16. The van der Waals surface area contributed by atoms with Gasteiger partial charge >= 0.3 is 23.9 Å². The van der Waals surface area contributed by atoms with Gasteiger partial charge in [0.25, 0.3) is 0 Å². The Morgan fingerprint density at radius 1 is 0.400 bits per heavy atom. The molecule has 0 unspecified atom stereocenters. The lowest BCUT2D eigenvalue weighted by molar-refractivity contribution is -0.137. The van der Waals surface area contributed by atoms with E-state index in [4.69, 9.17) is 18.9 Å². The molecule has 0 saturated heterocycles.